The van der Waals surface area contributed by atoms with Crippen LogP contribution in [0.2, 0.25) is 0 Å². The second-order valence-electron chi connectivity index (χ2n) is 4.28. The van der Waals surface area contributed by atoms with E-state index >= 15 is 0 Å². The summed E-state index contributed by atoms with van der Waals surface area (Å²) < 4.78 is 32.9. The first-order valence-electron chi connectivity index (χ1n) is 5.61. The van der Waals surface area contributed by atoms with E-state index in [1.807, 2.05) is 0 Å². The fraction of sp³-hybridized carbons (Fsp3) is 1.00. The molecule has 2 saturated heterocycles. The molecule has 0 radical (unpaired) electrons. The Bertz CT molecular complexity index is 333. The molecule has 2 N–H and O–H groups in total. The highest BCUT2D eigenvalue weighted by Crippen LogP contribution is 2.28. The second kappa shape index (κ2) is 4.97. The molecule has 0 saturated carbocycles. The molecule has 0 aromatic heterocycles. The minimum Gasteiger partial charge on any atom is -0.383 e. The van der Waals surface area contributed by atoms with Gasteiger partial charge in [-0.05, 0) is 18.9 Å². The highest BCUT2D eigenvalue weighted by Gasteiger charge is 2.43. The first-order valence-corrected chi connectivity index (χ1v) is 7.05. The van der Waals surface area contributed by atoms with Crippen LogP contribution in [0.25, 0.3) is 0 Å². The van der Waals surface area contributed by atoms with Crippen molar-refractivity contribution < 1.29 is 13.2 Å². The lowest BCUT2D eigenvalue weighted by molar-refractivity contribution is 0.203. The van der Waals surface area contributed by atoms with Crippen molar-refractivity contribution in [2.45, 2.75) is 12.5 Å². The highest BCUT2D eigenvalue weighted by molar-refractivity contribution is 7.87. The summed E-state index contributed by atoms with van der Waals surface area (Å²) in [4.78, 5) is 0. The van der Waals surface area contributed by atoms with Crippen LogP contribution < -0.4 is 10.0 Å². The lowest BCUT2D eigenvalue weighted by Gasteiger charge is -2.22. The minimum absolute atomic E-state index is 0.139. The van der Waals surface area contributed by atoms with Gasteiger partial charge >= 0.3 is 0 Å². The molecule has 2 heterocycles. The number of nitrogens with zero attached hydrogens (tertiary/aromatic N) is 1. The van der Waals surface area contributed by atoms with Crippen LogP contribution in [0.5, 0.6) is 0 Å². The smallest absolute Gasteiger partial charge is 0.279 e. The Labute approximate surface area is 96.5 Å². The average molecular weight is 249 g/mol. The van der Waals surface area contributed by atoms with Crippen LogP contribution in [0.3, 0.4) is 0 Å². The Balaban J connectivity index is 1.95. The quantitative estimate of drug-likeness (QED) is 0.598. The first kappa shape index (κ1) is 12.3. The molecule has 0 spiro atoms. The predicted molar refractivity (Wildman–Crippen MR) is 60.3 cm³/mol. The largest absolute Gasteiger partial charge is 0.383 e. The summed E-state index contributed by atoms with van der Waals surface area (Å²) in [6.45, 7) is 3.09. The normalized spacial score (nSPS) is 30.8. The fourth-order valence-corrected chi connectivity index (χ4v) is 3.92. The number of ether oxygens (including phenoxy) is 1. The fourth-order valence-electron chi connectivity index (χ4n) is 2.46. The molecule has 0 amide bonds. The Morgan fingerprint density at radius 1 is 1.50 bits per heavy atom. The summed E-state index contributed by atoms with van der Waals surface area (Å²) in [5, 5.41) is 3.24. The third-order valence-corrected chi connectivity index (χ3v) is 4.93. The van der Waals surface area contributed by atoms with Gasteiger partial charge in [0.05, 0.1) is 6.61 Å². The summed E-state index contributed by atoms with van der Waals surface area (Å²) in [5.74, 6) is 0.485. The van der Waals surface area contributed by atoms with Crippen molar-refractivity contribution in [1.82, 2.24) is 14.3 Å². The van der Waals surface area contributed by atoms with E-state index in [4.69, 9.17) is 4.74 Å². The standard InChI is InChI=1S/C9H19N3O3S/c1-15-5-3-11-16(13,14)12-4-2-8-6-10-7-9(8)12/h8-11H,2-7H2,1H3/t8-,9+/m0/s1. The Hall–Kier alpha value is -0.210. The van der Waals surface area contributed by atoms with Crippen molar-refractivity contribution >= 4 is 10.2 Å². The third-order valence-electron chi connectivity index (χ3n) is 3.29. The van der Waals surface area contributed by atoms with Gasteiger partial charge in [-0.2, -0.15) is 17.4 Å². The van der Waals surface area contributed by atoms with Gasteiger partial charge in [-0.25, -0.2) is 0 Å². The number of nitrogens with one attached hydrogen (secondary N) is 2. The van der Waals surface area contributed by atoms with Crippen LogP contribution in [0.1, 0.15) is 6.42 Å². The van der Waals surface area contributed by atoms with E-state index < -0.39 is 10.2 Å². The van der Waals surface area contributed by atoms with Gasteiger partial charge < -0.3 is 10.1 Å². The Morgan fingerprint density at radius 2 is 2.31 bits per heavy atom. The molecule has 2 aliphatic rings. The molecule has 94 valence electrons. The molecule has 7 heteroatoms. The van der Waals surface area contributed by atoms with Gasteiger partial charge in [0.1, 0.15) is 0 Å². The maximum atomic E-state index is 12.0. The molecular weight excluding hydrogens is 230 g/mol. The van der Waals surface area contributed by atoms with E-state index in [0.29, 0.717) is 25.6 Å². The van der Waals surface area contributed by atoms with Gasteiger partial charge in [-0.3, -0.25) is 0 Å². The van der Waals surface area contributed by atoms with Gasteiger partial charge in [-0.1, -0.05) is 0 Å². The summed E-state index contributed by atoms with van der Waals surface area (Å²) >= 11 is 0. The molecular formula is C9H19N3O3S. The number of hydrogen-bond donors (Lipinski definition) is 2. The molecule has 0 aliphatic carbocycles. The Kier molecular flexibility index (Phi) is 3.81. The van der Waals surface area contributed by atoms with Gasteiger partial charge in [0.15, 0.2) is 0 Å². The first-order chi connectivity index (χ1) is 7.65. The lowest BCUT2D eigenvalue weighted by atomic mass is 10.1. The summed E-state index contributed by atoms with van der Waals surface area (Å²) in [7, 11) is -1.77. The zero-order valence-corrected chi connectivity index (χ0v) is 10.3. The molecule has 0 unspecified atom stereocenters. The van der Waals surface area contributed by atoms with Crippen LogP contribution in [0.4, 0.5) is 0 Å². The van der Waals surface area contributed by atoms with Crippen molar-refractivity contribution in [3.8, 4) is 0 Å². The predicted octanol–water partition coefficient (Wildman–Crippen LogP) is -1.24. The van der Waals surface area contributed by atoms with Crippen LogP contribution in [-0.2, 0) is 14.9 Å². The van der Waals surface area contributed by atoms with Crippen LogP contribution in [0.15, 0.2) is 0 Å². The summed E-state index contributed by atoms with van der Waals surface area (Å²) in [6.07, 6.45) is 0.961. The maximum Gasteiger partial charge on any atom is 0.279 e. The molecule has 2 aliphatic heterocycles. The van der Waals surface area contributed by atoms with Gasteiger partial charge in [0, 0.05) is 32.8 Å². The third kappa shape index (κ3) is 2.38. The Morgan fingerprint density at radius 3 is 3.06 bits per heavy atom. The number of hydrogen-bond acceptors (Lipinski definition) is 4. The van der Waals surface area contributed by atoms with Crippen LogP contribution >= 0.6 is 0 Å². The molecule has 6 nitrogen and oxygen atoms in total. The zero-order chi connectivity index (χ0) is 11.6. The van der Waals surface area contributed by atoms with Crippen LogP contribution in [-0.4, -0.2) is 58.7 Å². The van der Waals surface area contributed by atoms with E-state index in [2.05, 4.69) is 10.0 Å². The van der Waals surface area contributed by atoms with Crippen molar-refractivity contribution in [3.63, 3.8) is 0 Å². The van der Waals surface area contributed by atoms with Crippen molar-refractivity contribution in [2.75, 3.05) is 39.9 Å². The molecule has 2 rings (SSSR count). The monoisotopic (exact) mass is 249 g/mol. The topological polar surface area (TPSA) is 70.7 Å². The number of rotatable bonds is 5. The number of methoxy groups -OCH3 is 1. The van der Waals surface area contributed by atoms with E-state index in [-0.39, 0.29) is 6.04 Å². The summed E-state index contributed by atoms with van der Waals surface area (Å²) in [5.41, 5.74) is 0. The van der Waals surface area contributed by atoms with E-state index in [0.717, 1.165) is 19.5 Å². The molecule has 0 aromatic carbocycles. The minimum atomic E-state index is -3.32. The summed E-state index contributed by atoms with van der Waals surface area (Å²) in [6, 6.07) is 0.139. The zero-order valence-electron chi connectivity index (χ0n) is 9.48. The van der Waals surface area contributed by atoms with Crippen molar-refractivity contribution in [2.24, 2.45) is 5.92 Å². The molecule has 16 heavy (non-hydrogen) atoms. The van der Waals surface area contributed by atoms with Gasteiger partial charge in [0.2, 0.25) is 0 Å². The van der Waals surface area contributed by atoms with Gasteiger partial charge in [-0.15, -0.1) is 0 Å². The SMILES string of the molecule is COCCNS(=O)(=O)N1CC[C@H]2CNC[C@H]21. The van der Waals surface area contributed by atoms with Gasteiger partial charge in [0.25, 0.3) is 10.2 Å². The van der Waals surface area contributed by atoms with E-state index in [9.17, 15) is 8.42 Å². The average Bonchev–Trinajstić information content (AvgIpc) is 2.77. The van der Waals surface area contributed by atoms with Crippen molar-refractivity contribution in [1.29, 1.82) is 0 Å². The molecule has 2 atom stereocenters. The second-order valence-corrected chi connectivity index (χ2v) is 5.99. The molecule has 0 aromatic rings. The lowest BCUT2D eigenvalue weighted by Crippen LogP contribution is -2.46. The van der Waals surface area contributed by atoms with E-state index in [1.54, 1.807) is 11.4 Å². The number of fused-ring (bicyclic) bond motifs is 1. The molecule has 0 bridgehead atoms. The molecule has 2 fully saturated rings. The van der Waals surface area contributed by atoms with Crippen LogP contribution in [0, 0.1) is 5.92 Å². The maximum absolute atomic E-state index is 12.0. The highest BCUT2D eigenvalue weighted by atomic mass is 32.2. The van der Waals surface area contributed by atoms with E-state index in [1.165, 1.54) is 0 Å². The van der Waals surface area contributed by atoms with Crippen molar-refractivity contribution in [3.05, 3.63) is 0 Å².